The molecule has 2 saturated heterocycles. The Labute approximate surface area is 124 Å². The van der Waals surface area contributed by atoms with Crippen LogP contribution in [-0.4, -0.2) is 43.1 Å². The smallest absolute Gasteiger partial charge is 0.227 e. The van der Waals surface area contributed by atoms with Gasteiger partial charge in [0.1, 0.15) is 0 Å². The number of carbonyl (C=O) groups excluding carboxylic acids is 1. The predicted molar refractivity (Wildman–Crippen MR) is 77.8 cm³/mol. The standard InChI is InChI=1S/C16H21FN2O2/c1-21-15-5-2-11(8-14(15)17)9-16(20)19-12-3-4-13(19)10-18-7-6-12/h2,5,8,12-13,18H,3-4,6-7,9-10H2,1H3. The molecule has 0 aromatic heterocycles. The summed E-state index contributed by atoms with van der Waals surface area (Å²) in [6.07, 6.45) is 3.43. The highest BCUT2D eigenvalue weighted by atomic mass is 19.1. The second kappa shape index (κ2) is 6.02. The highest BCUT2D eigenvalue weighted by molar-refractivity contribution is 5.80. The quantitative estimate of drug-likeness (QED) is 0.922. The second-order valence-corrected chi connectivity index (χ2v) is 5.82. The van der Waals surface area contributed by atoms with E-state index in [2.05, 4.69) is 5.32 Å². The molecule has 4 nitrogen and oxygen atoms in total. The van der Waals surface area contributed by atoms with E-state index in [-0.39, 0.29) is 18.1 Å². The summed E-state index contributed by atoms with van der Waals surface area (Å²) in [5.41, 5.74) is 0.704. The van der Waals surface area contributed by atoms with Crippen molar-refractivity contribution in [1.29, 1.82) is 0 Å². The van der Waals surface area contributed by atoms with Gasteiger partial charge in [-0.15, -0.1) is 0 Å². The van der Waals surface area contributed by atoms with Gasteiger partial charge in [0, 0.05) is 18.6 Å². The minimum absolute atomic E-state index is 0.107. The number of carbonyl (C=O) groups is 1. The molecule has 1 N–H and O–H groups in total. The topological polar surface area (TPSA) is 41.6 Å². The third-order valence-electron chi connectivity index (χ3n) is 4.51. The van der Waals surface area contributed by atoms with Gasteiger partial charge in [-0.2, -0.15) is 0 Å². The van der Waals surface area contributed by atoms with Gasteiger partial charge < -0.3 is 15.0 Å². The van der Waals surface area contributed by atoms with Gasteiger partial charge in [-0.05, 0) is 43.5 Å². The van der Waals surface area contributed by atoms with Crippen LogP contribution in [0.5, 0.6) is 5.75 Å². The van der Waals surface area contributed by atoms with Crippen molar-refractivity contribution >= 4 is 5.91 Å². The first kappa shape index (κ1) is 14.3. The Morgan fingerprint density at radius 1 is 1.38 bits per heavy atom. The molecule has 3 rings (SSSR count). The maximum Gasteiger partial charge on any atom is 0.227 e. The lowest BCUT2D eigenvalue weighted by molar-refractivity contribution is -0.133. The number of rotatable bonds is 3. The Morgan fingerprint density at radius 2 is 2.19 bits per heavy atom. The van der Waals surface area contributed by atoms with Crippen molar-refractivity contribution in [2.24, 2.45) is 0 Å². The van der Waals surface area contributed by atoms with E-state index < -0.39 is 5.82 Å². The molecule has 2 aliphatic rings. The lowest BCUT2D eigenvalue weighted by Gasteiger charge is -2.28. The van der Waals surface area contributed by atoms with Gasteiger partial charge in [-0.1, -0.05) is 6.07 Å². The average Bonchev–Trinajstić information content (AvgIpc) is 2.72. The van der Waals surface area contributed by atoms with Crippen LogP contribution in [0.3, 0.4) is 0 Å². The molecule has 2 atom stereocenters. The minimum Gasteiger partial charge on any atom is -0.494 e. The number of nitrogens with one attached hydrogen (secondary N) is 1. The number of nitrogens with zero attached hydrogens (tertiary/aromatic N) is 1. The van der Waals surface area contributed by atoms with Gasteiger partial charge in [0.15, 0.2) is 11.6 Å². The van der Waals surface area contributed by atoms with Gasteiger partial charge in [0.2, 0.25) is 5.91 Å². The predicted octanol–water partition coefficient (Wildman–Crippen LogP) is 1.73. The van der Waals surface area contributed by atoms with Gasteiger partial charge in [-0.3, -0.25) is 4.79 Å². The fourth-order valence-electron chi connectivity index (χ4n) is 3.48. The van der Waals surface area contributed by atoms with E-state index in [1.807, 2.05) is 4.90 Å². The van der Waals surface area contributed by atoms with Crippen LogP contribution in [0.1, 0.15) is 24.8 Å². The molecule has 1 amide bonds. The van der Waals surface area contributed by atoms with Crippen molar-refractivity contribution in [1.82, 2.24) is 10.2 Å². The average molecular weight is 292 g/mol. The molecule has 0 saturated carbocycles. The fourth-order valence-corrected chi connectivity index (χ4v) is 3.48. The van der Waals surface area contributed by atoms with Gasteiger partial charge in [-0.25, -0.2) is 4.39 Å². The third kappa shape index (κ3) is 2.88. The Bertz CT molecular complexity index is 521. The van der Waals surface area contributed by atoms with Crippen LogP contribution in [0, 0.1) is 5.82 Å². The molecule has 0 spiro atoms. The fraction of sp³-hybridized carbons (Fsp3) is 0.562. The molecular formula is C16H21FN2O2. The molecule has 2 unspecified atom stereocenters. The summed E-state index contributed by atoms with van der Waals surface area (Å²) in [4.78, 5) is 14.6. The summed E-state index contributed by atoms with van der Waals surface area (Å²) >= 11 is 0. The molecule has 5 heteroatoms. The molecule has 2 heterocycles. The highest BCUT2D eigenvalue weighted by Gasteiger charge is 2.37. The van der Waals surface area contributed by atoms with E-state index in [0.29, 0.717) is 17.6 Å². The summed E-state index contributed by atoms with van der Waals surface area (Å²) in [5, 5.41) is 3.38. The van der Waals surface area contributed by atoms with Crippen molar-refractivity contribution in [2.45, 2.75) is 37.8 Å². The summed E-state index contributed by atoms with van der Waals surface area (Å²) in [5.74, 6) is -0.0932. The van der Waals surface area contributed by atoms with Crippen molar-refractivity contribution < 1.29 is 13.9 Å². The third-order valence-corrected chi connectivity index (χ3v) is 4.51. The van der Waals surface area contributed by atoms with E-state index in [1.165, 1.54) is 13.2 Å². The highest BCUT2D eigenvalue weighted by Crippen LogP contribution is 2.29. The maximum atomic E-state index is 13.7. The number of fused-ring (bicyclic) bond motifs is 2. The van der Waals surface area contributed by atoms with E-state index >= 15 is 0 Å². The van der Waals surface area contributed by atoms with Crippen molar-refractivity contribution in [3.8, 4) is 5.75 Å². The van der Waals surface area contributed by atoms with E-state index in [4.69, 9.17) is 4.74 Å². The first-order valence-electron chi connectivity index (χ1n) is 7.53. The number of amides is 1. The van der Waals surface area contributed by atoms with E-state index in [9.17, 15) is 9.18 Å². The van der Waals surface area contributed by atoms with Crippen LogP contribution in [0.4, 0.5) is 4.39 Å². The first-order valence-corrected chi connectivity index (χ1v) is 7.53. The lowest BCUT2D eigenvalue weighted by Crippen LogP contribution is -2.43. The molecular weight excluding hydrogens is 271 g/mol. The number of ether oxygens (including phenoxy) is 1. The number of methoxy groups -OCH3 is 1. The van der Waals surface area contributed by atoms with Crippen LogP contribution >= 0.6 is 0 Å². The molecule has 2 aliphatic heterocycles. The van der Waals surface area contributed by atoms with Gasteiger partial charge in [0.05, 0.1) is 13.5 Å². The molecule has 0 radical (unpaired) electrons. The molecule has 1 aromatic carbocycles. The molecule has 21 heavy (non-hydrogen) atoms. The van der Waals surface area contributed by atoms with Crippen molar-refractivity contribution in [2.75, 3.05) is 20.2 Å². The van der Waals surface area contributed by atoms with Gasteiger partial charge >= 0.3 is 0 Å². The Balaban J connectivity index is 1.72. The van der Waals surface area contributed by atoms with Crippen LogP contribution < -0.4 is 10.1 Å². The Hall–Kier alpha value is -1.62. The van der Waals surface area contributed by atoms with Crippen LogP contribution in [0.2, 0.25) is 0 Å². The molecule has 0 aliphatic carbocycles. The SMILES string of the molecule is COc1ccc(CC(=O)N2C3CCNCC2CC3)cc1F. The van der Waals surface area contributed by atoms with Crippen LogP contribution in [0.25, 0.3) is 0 Å². The van der Waals surface area contributed by atoms with Crippen molar-refractivity contribution in [3.63, 3.8) is 0 Å². The summed E-state index contributed by atoms with van der Waals surface area (Å²) in [6.45, 7) is 1.85. The second-order valence-electron chi connectivity index (χ2n) is 5.82. The zero-order valence-corrected chi connectivity index (χ0v) is 12.3. The molecule has 114 valence electrons. The zero-order chi connectivity index (χ0) is 14.8. The Morgan fingerprint density at radius 3 is 2.95 bits per heavy atom. The molecule has 2 fully saturated rings. The van der Waals surface area contributed by atoms with E-state index in [0.717, 1.165) is 32.4 Å². The molecule has 2 bridgehead atoms. The minimum atomic E-state index is -0.414. The molecule has 1 aromatic rings. The number of hydrogen-bond donors (Lipinski definition) is 1. The lowest BCUT2D eigenvalue weighted by atomic mass is 10.1. The summed E-state index contributed by atoms with van der Waals surface area (Å²) in [7, 11) is 1.44. The van der Waals surface area contributed by atoms with Crippen LogP contribution in [0.15, 0.2) is 18.2 Å². The first-order chi connectivity index (χ1) is 10.2. The zero-order valence-electron chi connectivity index (χ0n) is 12.3. The number of hydrogen-bond acceptors (Lipinski definition) is 3. The van der Waals surface area contributed by atoms with Gasteiger partial charge in [0.25, 0.3) is 0 Å². The normalized spacial score (nSPS) is 24.8. The number of halogens is 1. The largest absolute Gasteiger partial charge is 0.494 e. The van der Waals surface area contributed by atoms with E-state index in [1.54, 1.807) is 12.1 Å². The van der Waals surface area contributed by atoms with Crippen molar-refractivity contribution in [3.05, 3.63) is 29.6 Å². The van der Waals surface area contributed by atoms with Crippen LogP contribution in [-0.2, 0) is 11.2 Å². The monoisotopic (exact) mass is 292 g/mol. The maximum absolute atomic E-state index is 13.7. The summed E-state index contributed by atoms with van der Waals surface area (Å²) in [6, 6.07) is 5.39. The Kier molecular flexibility index (Phi) is 4.10. The number of benzene rings is 1. The summed E-state index contributed by atoms with van der Waals surface area (Å²) < 4.78 is 18.6.